The smallest absolute Gasteiger partial charge is 0.245 e. The molecular weight excluding hydrogens is 400 g/mol. The molecule has 152 valence electrons. The Hall–Kier alpha value is -2.25. The van der Waals surface area contributed by atoms with E-state index in [0.29, 0.717) is 22.1 Å². The SMILES string of the molecule is COc1ccc(Cl)cc1NC(=O)CN(c1ccc(C(C)(C)C)cc1)S(C)(=O)=O. The summed E-state index contributed by atoms with van der Waals surface area (Å²) in [5, 5.41) is 3.08. The maximum absolute atomic E-state index is 12.5. The van der Waals surface area contributed by atoms with Crippen LogP contribution in [0.2, 0.25) is 5.02 Å². The summed E-state index contributed by atoms with van der Waals surface area (Å²) in [6.07, 6.45) is 1.07. The summed E-state index contributed by atoms with van der Waals surface area (Å²) >= 11 is 5.97. The highest BCUT2D eigenvalue weighted by Gasteiger charge is 2.22. The summed E-state index contributed by atoms with van der Waals surface area (Å²) in [5.74, 6) is -0.0796. The Morgan fingerprint density at radius 1 is 1.14 bits per heavy atom. The number of sulfonamides is 1. The van der Waals surface area contributed by atoms with E-state index in [4.69, 9.17) is 16.3 Å². The number of ether oxygens (including phenoxy) is 1. The minimum Gasteiger partial charge on any atom is -0.495 e. The van der Waals surface area contributed by atoms with Crippen molar-refractivity contribution in [2.75, 3.05) is 29.5 Å². The minimum atomic E-state index is -3.66. The third kappa shape index (κ3) is 5.62. The topological polar surface area (TPSA) is 75.7 Å². The Balaban J connectivity index is 2.26. The van der Waals surface area contributed by atoms with Gasteiger partial charge in [0, 0.05) is 5.02 Å². The first kappa shape index (κ1) is 22.0. The first-order valence-corrected chi connectivity index (χ1v) is 10.9. The Morgan fingerprint density at radius 3 is 2.25 bits per heavy atom. The average molecular weight is 425 g/mol. The molecule has 0 unspecified atom stereocenters. The fourth-order valence-corrected chi connectivity index (χ4v) is 3.65. The van der Waals surface area contributed by atoms with Crippen molar-refractivity contribution in [3.05, 3.63) is 53.1 Å². The van der Waals surface area contributed by atoms with E-state index in [1.807, 2.05) is 12.1 Å². The number of hydrogen-bond acceptors (Lipinski definition) is 4. The second-order valence-electron chi connectivity index (χ2n) is 7.46. The van der Waals surface area contributed by atoms with Crippen LogP contribution < -0.4 is 14.4 Å². The number of benzene rings is 2. The molecule has 0 aliphatic rings. The number of hydrogen-bond donors (Lipinski definition) is 1. The van der Waals surface area contributed by atoms with Crippen molar-refractivity contribution in [2.45, 2.75) is 26.2 Å². The molecule has 28 heavy (non-hydrogen) atoms. The molecule has 0 spiro atoms. The van der Waals surface area contributed by atoms with E-state index in [0.717, 1.165) is 16.1 Å². The molecule has 1 N–H and O–H groups in total. The van der Waals surface area contributed by atoms with Gasteiger partial charge in [0.25, 0.3) is 0 Å². The predicted octanol–water partition coefficient (Wildman–Crippen LogP) is 4.05. The van der Waals surface area contributed by atoms with Gasteiger partial charge in [-0.1, -0.05) is 44.5 Å². The van der Waals surface area contributed by atoms with Gasteiger partial charge >= 0.3 is 0 Å². The molecule has 8 heteroatoms. The highest BCUT2D eigenvalue weighted by atomic mass is 35.5. The summed E-state index contributed by atoms with van der Waals surface area (Å²) < 4.78 is 30.8. The van der Waals surface area contributed by atoms with Crippen molar-refractivity contribution in [3.8, 4) is 5.75 Å². The number of anilines is 2. The molecule has 2 aromatic rings. The van der Waals surface area contributed by atoms with Crippen molar-refractivity contribution in [1.82, 2.24) is 0 Å². The summed E-state index contributed by atoms with van der Waals surface area (Å²) in [6.45, 7) is 5.84. The van der Waals surface area contributed by atoms with Gasteiger partial charge in [0.15, 0.2) is 0 Å². The van der Waals surface area contributed by atoms with E-state index in [1.165, 1.54) is 7.11 Å². The number of rotatable bonds is 6. The molecule has 1 amide bonds. The maximum atomic E-state index is 12.5. The van der Waals surface area contributed by atoms with Crippen LogP contribution in [-0.2, 0) is 20.2 Å². The molecule has 6 nitrogen and oxygen atoms in total. The van der Waals surface area contributed by atoms with E-state index in [-0.39, 0.29) is 12.0 Å². The second kappa shape index (κ2) is 8.41. The molecule has 0 aliphatic heterocycles. The van der Waals surface area contributed by atoms with Gasteiger partial charge < -0.3 is 10.1 Å². The van der Waals surface area contributed by atoms with Gasteiger partial charge in [-0.15, -0.1) is 0 Å². The molecule has 0 saturated heterocycles. The third-order valence-electron chi connectivity index (χ3n) is 4.14. The van der Waals surface area contributed by atoms with Gasteiger partial charge in [0.1, 0.15) is 12.3 Å². The van der Waals surface area contributed by atoms with Gasteiger partial charge in [0.05, 0.1) is 24.7 Å². The standard InChI is InChI=1S/C20H25ClN2O4S/c1-20(2,3)14-6-9-16(10-7-14)23(28(5,25)26)13-19(24)22-17-12-15(21)8-11-18(17)27-4/h6-12H,13H2,1-5H3,(H,22,24). The molecule has 2 rings (SSSR count). The van der Waals surface area contributed by atoms with Crippen LogP contribution in [0, 0.1) is 0 Å². The van der Waals surface area contributed by atoms with E-state index in [2.05, 4.69) is 26.1 Å². The Labute approximate surface area is 171 Å². The third-order valence-corrected chi connectivity index (χ3v) is 5.52. The second-order valence-corrected chi connectivity index (χ2v) is 9.80. The van der Waals surface area contributed by atoms with Crippen LogP contribution in [0.4, 0.5) is 11.4 Å². The summed E-state index contributed by atoms with van der Waals surface area (Å²) in [5.41, 5.74) is 1.80. The molecule has 0 aromatic heterocycles. The largest absolute Gasteiger partial charge is 0.495 e. The fourth-order valence-electron chi connectivity index (χ4n) is 2.63. The number of nitrogens with zero attached hydrogens (tertiary/aromatic N) is 1. The van der Waals surface area contributed by atoms with E-state index in [1.54, 1.807) is 30.3 Å². The van der Waals surface area contributed by atoms with Gasteiger partial charge in [-0.2, -0.15) is 0 Å². The number of carbonyl (C=O) groups is 1. The van der Waals surface area contributed by atoms with Gasteiger partial charge in [-0.05, 0) is 41.3 Å². The van der Waals surface area contributed by atoms with E-state index < -0.39 is 15.9 Å². The molecule has 0 saturated carbocycles. The highest BCUT2D eigenvalue weighted by Crippen LogP contribution is 2.28. The van der Waals surface area contributed by atoms with Crippen LogP contribution in [0.15, 0.2) is 42.5 Å². The Bertz CT molecular complexity index is 951. The zero-order valence-corrected chi connectivity index (χ0v) is 18.2. The Kier molecular flexibility index (Phi) is 6.62. The lowest BCUT2D eigenvalue weighted by atomic mass is 9.87. The summed E-state index contributed by atoms with van der Waals surface area (Å²) in [4.78, 5) is 12.5. The zero-order valence-electron chi connectivity index (χ0n) is 16.6. The van der Waals surface area contributed by atoms with Crippen LogP contribution >= 0.6 is 11.6 Å². The molecule has 0 atom stereocenters. The lowest BCUT2D eigenvalue weighted by Gasteiger charge is -2.24. The molecule has 2 aromatic carbocycles. The van der Waals surface area contributed by atoms with Crippen LogP contribution in [0.3, 0.4) is 0 Å². The molecule has 0 bridgehead atoms. The van der Waals surface area contributed by atoms with Crippen molar-refractivity contribution >= 4 is 38.9 Å². The molecule has 0 radical (unpaired) electrons. The Morgan fingerprint density at radius 2 is 1.75 bits per heavy atom. The van der Waals surface area contributed by atoms with Crippen molar-refractivity contribution < 1.29 is 17.9 Å². The van der Waals surface area contributed by atoms with Crippen molar-refractivity contribution in [1.29, 1.82) is 0 Å². The van der Waals surface area contributed by atoms with Crippen LogP contribution in [0.25, 0.3) is 0 Å². The number of amides is 1. The lowest BCUT2D eigenvalue weighted by molar-refractivity contribution is -0.114. The van der Waals surface area contributed by atoms with Crippen molar-refractivity contribution in [3.63, 3.8) is 0 Å². The molecule has 0 aliphatic carbocycles. The molecule has 0 fully saturated rings. The van der Waals surface area contributed by atoms with Crippen LogP contribution in [0.1, 0.15) is 26.3 Å². The number of halogens is 1. The predicted molar refractivity (Wildman–Crippen MR) is 114 cm³/mol. The van der Waals surface area contributed by atoms with Gasteiger partial charge in [-0.3, -0.25) is 9.10 Å². The first-order chi connectivity index (χ1) is 12.9. The van der Waals surface area contributed by atoms with E-state index in [9.17, 15) is 13.2 Å². The zero-order chi connectivity index (χ0) is 21.1. The summed E-state index contributed by atoms with van der Waals surface area (Å²) in [6, 6.07) is 11.9. The monoisotopic (exact) mass is 424 g/mol. The van der Waals surface area contributed by atoms with Crippen LogP contribution in [-0.4, -0.2) is 34.2 Å². The molecule has 0 heterocycles. The number of methoxy groups -OCH3 is 1. The van der Waals surface area contributed by atoms with Gasteiger partial charge in [0.2, 0.25) is 15.9 Å². The molecular formula is C20H25ClN2O4S. The van der Waals surface area contributed by atoms with E-state index >= 15 is 0 Å². The quantitative estimate of drug-likeness (QED) is 0.758. The van der Waals surface area contributed by atoms with Gasteiger partial charge in [-0.25, -0.2) is 8.42 Å². The van der Waals surface area contributed by atoms with Crippen LogP contribution in [0.5, 0.6) is 5.75 Å². The minimum absolute atomic E-state index is 0.0606. The highest BCUT2D eigenvalue weighted by molar-refractivity contribution is 7.92. The van der Waals surface area contributed by atoms with Crippen molar-refractivity contribution in [2.24, 2.45) is 0 Å². The fraction of sp³-hybridized carbons (Fsp3) is 0.350. The summed E-state index contributed by atoms with van der Waals surface area (Å²) in [7, 11) is -2.19. The normalized spacial score (nSPS) is 11.8. The first-order valence-electron chi connectivity index (χ1n) is 8.63. The maximum Gasteiger partial charge on any atom is 0.245 e. The average Bonchev–Trinajstić information content (AvgIpc) is 2.58. The lowest BCUT2D eigenvalue weighted by Crippen LogP contribution is -2.37. The number of nitrogens with one attached hydrogen (secondary N) is 1. The number of carbonyl (C=O) groups excluding carboxylic acids is 1.